The van der Waals surface area contributed by atoms with Gasteiger partial charge in [-0.3, -0.25) is 4.79 Å². The fourth-order valence-corrected chi connectivity index (χ4v) is 5.29. The summed E-state index contributed by atoms with van der Waals surface area (Å²) in [5, 5.41) is 4.11. The first-order chi connectivity index (χ1) is 12.6. The maximum Gasteiger partial charge on any atom is 0.220 e. The van der Waals surface area contributed by atoms with Crippen molar-refractivity contribution in [1.29, 1.82) is 0 Å². The molecule has 3 N–H and O–H groups in total. The van der Waals surface area contributed by atoms with E-state index in [1.54, 1.807) is 23.5 Å². The van der Waals surface area contributed by atoms with Gasteiger partial charge in [0.1, 0.15) is 10.8 Å². The van der Waals surface area contributed by atoms with Crippen molar-refractivity contribution in [2.75, 3.05) is 0 Å². The molecular weight excluding hydrogens is 385 g/mol. The Morgan fingerprint density at radius 3 is 2.70 bits per heavy atom. The highest BCUT2D eigenvalue weighted by Crippen LogP contribution is 2.38. The number of aromatic nitrogens is 1. The van der Waals surface area contributed by atoms with Crippen LogP contribution in [-0.2, 0) is 11.2 Å². The SMILES string of the molecule is Cl.N[C@@H]1CCC[C@H]1CC(=O)NC1CCCc2nc(-c3ccc(F)cc3)sc21. The summed E-state index contributed by atoms with van der Waals surface area (Å²) in [7, 11) is 0. The Kier molecular flexibility index (Phi) is 6.50. The van der Waals surface area contributed by atoms with Gasteiger partial charge in [-0.1, -0.05) is 6.42 Å². The summed E-state index contributed by atoms with van der Waals surface area (Å²) in [6.45, 7) is 0. The zero-order valence-electron chi connectivity index (χ0n) is 15.1. The normalized spacial score (nSPS) is 24.1. The van der Waals surface area contributed by atoms with Crippen LogP contribution in [0.2, 0.25) is 0 Å². The van der Waals surface area contributed by atoms with Crippen LogP contribution in [0.5, 0.6) is 0 Å². The summed E-state index contributed by atoms with van der Waals surface area (Å²) in [5.74, 6) is 0.168. The molecule has 1 aromatic carbocycles. The maximum atomic E-state index is 13.2. The number of nitrogens with two attached hydrogens (primary N) is 1. The number of halogens is 2. The lowest BCUT2D eigenvalue weighted by Crippen LogP contribution is -2.34. The predicted molar refractivity (Wildman–Crippen MR) is 109 cm³/mol. The minimum Gasteiger partial charge on any atom is -0.348 e. The average Bonchev–Trinajstić information content (AvgIpc) is 3.23. The minimum absolute atomic E-state index is 0. The number of amides is 1. The van der Waals surface area contributed by atoms with E-state index < -0.39 is 0 Å². The number of thiazole rings is 1. The third-order valence-electron chi connectivity index (χ3n) is 5.54. The predicted octanol–water partition coefficient (Wildman–Crippen LogP) is 4.38. The van der Waals surface area contributed by atoms with Gasteiger partial charge < -0.3 is 11.1 Å². The first kappa shape index (κ1) is 20.2. The Hall–Kier alpha value is -1.50. The first-order valence-corrected chi connectivity index (χ1v) is 10.2. The molecule has 1 aromatic heterocycles. The van der Waals surface area contributed by atoms with Crippen LogP contribution in [-0.4, -0.2) is 16.9 Å². The Morgan fingerprint density at radius 1 is 1.22 bits per heavy atom. The number of fused-ring (bicyclic) bond motifs is 1. The molecule has 3 atom stereocenters. The van der Waals surface area contributed by atoms with E-state index in [9.17, 15) is 9.18 Å². The monoisotopic (exact) mass is 409 g/mol. The largest absolute Gasteiger partial charge is 0.348 e. The highest BCUT2D eigenvalue weighted by atomic mass is 35.5. The van der Waals surface area contributed by atoms with Gasteiger partial charge in [0, 0.05) is 18.0 Å². The summed E-state index contributed by atoms with van der Waals surface area (Å²) in [5.41, 5.74) is 8.10. The third kappa shape index (κ3) is 4.50. The van der Waals surface area contributed by atoms with Gasteiger partial charge in [0.05, 0.1) is 16.6 Å². The molecular formula is C20H25ClFN3OS. The molecule has 7 heteroatoms. The molecule has 0 saturated heterocycles. The molecule has 1 amide bonds. The molecule has 2 aliphatic rings. The second-order valence-electron chi connectivity index (χ2n) is 7.41. The maximum absolute atomic E-state index is 13.2. The van der Waals surface area contributed by atoms with E-state index in [4.69, 9.17) is 10.7 Å². The van der Waals surface area contributed by atoms with E-state index in [2.05, 4.69) is 5.32 Å². The summed E-state index contributed by atoms with van der Waals surface area (Å²) >= 11 is 1.61. The molecule has 4 nitrogen and oxygen atoms in total. The van der Waals surface area contributed by atoms with Crippen LogP contribution < -0.4 is 11.1 Å². The zero-order chi connectivity index (χ0) is 18.1. The summed E-state index contributed by atoms with van der Waals surface area (Å²) < 4.78 is 13.2. The Morgan fingerprint density at radius 2 is 2.00 bits per heavy atom. The molecule has 146 valence electrons. The van der Waals surface area contributed by atoms with Gasteiger partial charge in [-0.25, -0.2) is 9.37 Å². The summed E-state index contributed by atoms with van der Waals surface area (Å²) in [4.78, 5) is 18.4. The van der Waals surface area contributed by atoms with Crippen LogP contribution in [0.25, 0.3) is 10.6 Å². The van der Waals surface area contributed by atoms with Crippen molar-refractivity contribution < 1.29 is 9.18 Å². The number of rotatable bonds is 4. The van der Waals surface area contributed by atoms with Gasteiger partial charge >= 0.3 is 0 Å². The Bertz CT molecular complexity index is 795. The van der Waals surface area contributed by atoms with Crippen molar-refractivity contribution in [3.63, 3.8) is 0 Å². The lowest BCUT2D eigenvalue weighted by atomic mass is 9.96. The van der Waals surface area contributed by atoms with Crippen molar-refractivity contribution in [3.05, 3.63) is 40.7 Å². The average molecular weight is 410 g/mol. The van der Waals surface area contributed by atoms with Crippen molar-refractivity contribution in [2.24, 2.45) is 11.7 Å². The highest BCUT2D eigenvalue weighted by molar-refractivity contribution is 7.15. The number of carbonyl (C=O) groups excluding carboxylic acids is 1. The first-order valence-electron chi connectivity index (χ1n) is 9.40. The van der Waals surface area contributed by atoms with Gasteiger partial charge in [0.25, 0.3) is 0 Å². The Labute approximate surface area is 169 Å². The number of benzene rings is 1. The number of aryl methyl sites for hydroxylation is 1. The topological polar surface area (TPSA) is 68.0 Å². The summed E-state index contributed by atoms with van der Waals surface area (Å²) in [6, 6.07) is 6.63. The molecule has 1 heterocycles. The number of hydrogen-bond acceptors (Lipinski definition) is 4. The molecule has 0 radical (unpaired) electrons. The van der Waals surface area contributed by atoms with E-state index >= 15 is 0 Å². The van der Waals surface area contributed by atoms with E-state index in [1.165, 1.54) is 12.1 Å². The number of nitrogens with one attached hydrogen (secondary N) is 1. The number of carbonyl (C=O) groups is 1. The molecule has 2 aromatic rings. The van der Waals surface area contributed by atoms with Crippen LogP contribution in [0.1, 0.15) is 55.1 Å². The van der Waals surface area contributed by atoms with E-state index in [0.29, 0.717) is 12.3 Å². The molecule has 0 aliphatic heterocycles. The molecule has 1 fully saturated rings. The van der Waals surface area contributed by atoms with Gasteiger partial charge in [0.2, 0.25) is 5.91 Å². The minimum atomic E-state index is -0.245. The fraction of sp³-hybridized carbons (Fsp3) is 0.500. The smallest absolute Gasteiger partial charge is 0.220 e. The van der Waals surface area contributed by atoms with Gasteiger partial charge in [-0.05, 0) is 62.3 Å². The standard InChI is InChI=1S/C20H24FN3OS.ClH/c21-14-9-7-12(8-10-14)20-24-17-6-2-5-16(19(17)26-20)23-18(25)11-13-3-1-4-15(13)22;/h7-10,13,15-16H,1-6,11,22H2,(H,23,25);1H/t13-,15+,16?;/m0./s1. The van der Waals surface area contributed by atoms with Crippen molar-refractivity contribution >= 4 is 29.7 Å². The van der Waals surface area contributed by atoms with Crippen LogP contribution >= 0.6 is 23.7 Å². The van der Waals surface area contributed by atoms with Crippen LogP contribution in [0.3, 0.4) is 0 Å². The quantitative estimate of drug-likeness (QED) is 0.787. The van der Waals surface area contributed by atoms with Crippen LogP contribution in [0.4, 0.5) is 4.39 Å². The van der Waals surface area contributed by atoms with Crippen molar-refractivity contribution in [2.45, 2.75) is 57.0 Å². The lowest BCUT2D eigenvalue weighted by Gasteiger charge is -2.23. The van der Waals surface area contributed by atoms with Gasteiger partial charge in [-0.2, -0.15) is 0 Å². The van der Waals surface area contributed by atoms with Gasteiger partial charge in [-0.15, -0.1) is 23.7 Å². The van der Waals surface area contributed by atoms with Crippen molar-refractivity contribution in [3.8, 4) is 10.6 Å². The molecule has 0 bridgehead atoms. The number of nitrogens with zero attached hydrogens (tertiary/aromatic N) is 1. The van der Waals surface area contributed by atoms with E-state index in [0.717, 1.165) is 59.7 Å². The molecule has 1 saturated carbocycles. The molecule has 1 unspecified atom stereocenters. The molecule has 4 rings (SSSR count). The number of hydrogen-bond donors (Lipinski definition) is 2. The highest BCUT2D eigenvalue weighted by Gasteiger charge is 2.29. The Balaban J connectivity index is 0.00000210. The fourth-order valence-electron chi connectivity index (χ4n) is 4.08. The summed E-state index contributed by atoms with van der Waals surface area (Å²) in [6.07, 6.45) is 6.64. The molecule has 27 heavy (non-hydrogen) atoms. The van der Waals surface area contributed by atoms with E-state index in [-0.39, 0.29) is 36.2 Å². The second kappa shape index (κ2) is 8.67. The lowest BCUT2D eigenvalue weighted by molar-refractivity contribution is -0.122. The molecule has 0 spiro atoms. The van der Waals surface area contributed by atoms with Crippen molar-refractivity contribution in [1.82, 2.24) is 10.3 Å². The third-order valence-corrected chi connectivity index (χ3v) is 6.80. The van der Waals surface area contributed by atoms with E-state index in [1.807, 2.05) is 0 Å². The van der Waals surface area contributed by atoms with Crippen LogP contribution in [0, 0.1) is 11.7 Å². The van der Waals surface area contributed by atoms with Gasteiger partial charge in [0.15, 0.2) is 0 Å². The molecule has 2 aliphatic carbocycles. The second-order valence-corrected chi connectivity index (χ2v) is 8.44. The van der Waals surface area contributed by atoms with Crippen LogP contribution in [0.15, 0.2) is 24.3 Å². The zero-order valence-corrected chi connectivity index (χ0v) is 16.8.